The molecule has 15 heavy (non-hydrogen) atoms. The van der Waals surface area contributed by atoms with Gasteiger partial charge in [0.25, 0.3) is 0 Å². The largest absolute Gasteiger partial charge is 0.271 e. The van der Waals surface area contributed by atoms with E-state index in [0.717, 1.165) is 16.0 Å². The molecule has 0 saturated carbocycles. The molecule has 0 aliphatic rings. The molecule has 2 aromatic heterocycles. The fourth-order valence-corrected chi connectivity index (χ4v) is 2.15. The summed E-state index contributed by atoms with van der Waals surface area (Å²) in [5, 5.41) is 0. The van der Waals surface area contributed by atoms with Crippen LogP contribution in [0.25, 0.3) is 0 Å². The molecule has 3 N–H and O–H groups in total. The Bertz CT molecular complexity index is 427. The SMILES string of the molecule is Cc1cncc(C(NN)c2cncs2)c1. The van der Waals surface area contributed by atoms with Crippen molar-refractivity contribution in [2.75, 3.05) is 0 Å². The fourth-order valence-electron chi connectivity index (χ4n) is 1.45. The minimum Gasteiger partial charge on any atom is -0.271 e. The van der Waals surface area contributed by atoms with E-state index in [1.807, 2.05) is 25.5 Å². The molecule has 4 nitrogen and oxygen atoms in total. The van der Waals surface area contributed by atoms with Crippen molar-refractivity contribution in [2.24, 2.45) is 5.84 Å². The van der Waals surface area contributed by atoms with Crippen molar-refractivity contribution in [3.63, 3.8) is 0 Å². The van der Waals surface area contributed by atoms with Crippen molar-refractivity contribution in [1.82, 2.24) is 15.4 Å². The molecule has 2 rings (SSSR count). The zero-order valence-electron chi connectivity index (χ0n) is 8.34. The summed E-state index contributed by atoms with van der Waals surface area (Å²) in [7, 11) is 0. The molecule has 0 aliphatic carbocycles. The summed E-state index contributed by atoms with van der Waals surface area (Å²) in [6.45, 7) is 2.01. The molecule has 5 heteroatoms. The molecule has 0 amide bonds. The van der Waals surface area contributed by atoms with Crippen molar-refractivity contribution in [1.29, 1.82) is 0 Å². The van der Waals surface area contributed by atoms with Crippen LogP contribution in [0.5, 0.6) is 0 Å². The minimum atomic E-state index is -0.0232. The first-order chi connectivity index (χ1) is 7.31. The molecule has 1 atom stereocenters. The predicted octanol–water partition coefficient (Wildman–Crippen LogP) is 1.40. The number of nitrogens with two attached hydrogens (primary N) is 1. The van der Waals surface area contributed by atoms with Gasteiger partial charge in [0.15, 0.2) is 0 Å². The van der Waals surface area contributed by atoms with Gasteiger partial charge in [0.2, 0.25) is 0 Å². The van der Waals surface area contributed by atoms with E-state index in [1.165, 1.54) is 0 Å². The summed E-state index contributed by atoms with van der Waals surface area (Å²) >= 11 is 1.57. The molecule has 0 bridgehead atoms. The van der Waals surface area contributed by atoms with Crippen molar-refractivity contribution in [2.45, 2.75) is 13.0 Å². The molecule has 2 aromatic rings. The first kappa shape index (κ1) is 10.2. The quantitative estimate of drug-likeness (QED) is 0.606. The van der Waals surface area contributed by atoms with Crippen LogP contribution in [0.3, 0.4) is 0 Å². The van der Waals surface area contributed by atoms with E-state index >= 15 is 0 Å². The van der Waals surface area contributed by atoms with Crippen LogP contribution in [0.4, 0.5) is 0 Å². The second-order valence-corrected chi connectivity index (χ2v) is 4.22. The third kappa shape index (κ3) is 2.20. The fraction of sp³-hybridized carbons (Fsp3) is 0.200. The van der Waals surface area contributed by atoms with Crippen molar-refractivity contribution in [3.05, 3.63) is 46.2 Å². The number of nitrogens with one attached hydrogen (secondary N) is 1. The summed E-state index contributed by atoms with van der Waals surface area (Å²) in [6.07, 6.45) is 5.46. The average molecular weight is 220 g/mol. The van der Waals surface area contributed by atoms with Gasteiger partial charge in [-0.25, -0.2) is 5.43 Å². The summed E-state index contributed by atoms with van der Waals surface area (Å²) in [5.41, 5.74) is 6.75. The Morgan fingerprint density at radius 1 is 1.33 bits per heavy atom. The Hall–Kier alpha value is -1.30. The lowest BCUT2D eigenvalue weighted by molar-refractivity contribution is 0.642. The number of hydrazine groups is 1. The van der Waals surface area contributed by atoms with Gasteiger partial charge >= 0.3 is 0 Å². The van der Waals surface area contributed by atoms with Gasteiger partial charge in [0.05, 0.1) is 11.6 Å². The molecular formula is C10H12N4S. The van der Waals surface area contributed by atoms with E-state index in [9.17, 15) is 0 Å². The molecule has 0 fully saturated rings. The number of rotatable bonds is 3. The van der Waals surface area contributed by atoms with Crippen molar-refractivity contribution < 1.29 is 0 Å². The summed E-state index contributed by atoms with van der Waals surface area (Å²) < 4.78 is 0. The summed E-state index contributed by atoms with van der Waals surface area (Å²) in [5.74, 6) is 5.55. The van der Waals surface area contributed by atoms with E-state index < -0.39 is 0 Å². The highest BCUT2D eigenvalue weighted by Crippen LogP contribution is 2.23. The lowest BCUT2D eigenvalue weighted by atomic mass is 10.1. The molecule has 0 spiro atoms. The van der Waals surface area contributed by atoms with Gasteiger partial charge in [-0.2, -0.15) is 0 Å². The lowest BCUT2D eigenvalue weighted by Crippen LogP contribution is -2.28. The molecule has 0 saturated heterocycles. The Kier molecular flexibility index (Phi) is 3.05. The minimum absolute atomic E-state index is 0.0232. The zero-order valence-corrected chi connectivity index (χ0v) is 9.16. The Morgan fingerprint density at radius 3 is 2.80 bits per heavy atom. The van der Waals surface area contributed by atoms with Crippen LogP contribution in [-0.2, 0) is 0 Å². The number of pyridine rings is 1. The summed E-state index contributed by atoms with van der Waals surface area (Å²) in [4.78, 5) is 9.28. The van der Waals surface area contributed by atoms with E-state index in [4.69, 9.17) is 5.84 Å². The van der Waals surface area contributed by atoms with Gasteiger partial charge < -0.3 is 0 Å². The van der Waals surface area contributed by atoms with Crippen molar-refractivity contribution >= 4 is 11.3 Å². The highest BCUT2D eigenvalue weighted by atomic mass is 32.1. The van der Waals surface area contributed by atoms with E-state index in [1.54, 1.807) is 16.8 Å². The number of hydrogen-bond acceptors (Lipinski definition) is 5. The van der Waals surface area contributed by atoms with Gasteiger partial charge in [0, 0.05) is 23.5 Å². The van der Waals surface area contributed by atoms with Gasteiger partial charge in [-0.15, -0.1) is 11.3 Å². The van der Waals surface area contributed by atoms with Crippen molar-refractivity contribution in [3.8, 4) is 0 Å². The lowest BCUT2D eigenvalue weighted by Gasteiger charge is -2.13. The number of thiazole rings is 1. The van der Waals surface area contributed by atoms with Crippen LogP contribution in [-0.4, -0.2) is 9.97 Å². The molecule has 1 unspecified atom stereocenters. The maximum Gasteiger partial charge on any atom is 0.0833 e. The maximum absolute atomic E-state index is 5.55. The molecule has 0 radical (unpaired) electrons. The standard InChI is InChI=1S/C10H12N4S/c1-7-2-8(4-12-3-7)10(14-11)9-5-13-6-15-9/h2-6,10,14H,11H2,1H3. The average Bonchev–Trinajstić information content (AvgIpc) is 2.72. The monoisotopic (exact) mass is 220 g/mol. The maximum atomic E-state index is 5.55. The second kappa shape index (κ2) is 4.48. The number of aryl methyl sites for hydroxylation is 1. The molecule has 0 aliphatic heterocycles. The van der Waals surface area contributed by atoms with Gasteiger partial charge in [-0.1, -0.05) is 6.07 Å². The smallest absolute Gasteiger partial charge is 0.0833 e. The third-order valence-electron chi connectivity index (χ3n) is 2.13. The van der Waals surface area contributed by atoms with E-state index in [-0.39, 0.29) is 6.04 Å². The zero-order chi connectivity index (χ0) is 10.7. The normalized spacial score (nSPS) is 12.7. The molecular weight excluding hydrogens is 208 g/mol. The Labute approximate surface area is 92.2 Å². The first-order valence-electron chi connectivity index (χ1n) is 4.57. The molecule has 78 valence electrons. The first-order valence-corrected chi connectivity index (χ1v) is 5.45. The van der Waals surface area contributed by atoms with Gasteiger partial charge in [0.1, 0.15) is 0 Å². The van der Waals surface area contributed by atoms with Crippen LogP contribution in [0.1, 0.15) is 22.0 Å². The second-order valence-electron chi connectivity index (χ2n) is 3.30. The van der Waals surface area contributed by atoms with E-state index in [2.05, 4.69) is 21.5 Å². The van der Waals surface area contributed by atoms with Crippen LogP contribution >= 0.6 is 11.3 Å². The topological polar surface area (TPSA) is 63.8 Å². The Morgan fingerprint density at radius 2 is 2.20 bits per heavy atom. The van der Waals surface area contributed by atoms with Crippen LogP contribution in [0.2, 0.25) is 0 Å². The highest BCUT2D eigenvalue weighted by Gasteiger charge is 2.13. The van der Waals surface area contributed by atoms with Crippen LogP contribution in [0.15, 0.2) is 30.2 Å². The highest BCUT2D eigenvalue weighted by molar-refractivity contribution is 7.09. The number of nitrogens with zero attached hydrogens (tertiary/aromatic N) is 2. The number of aromatic nitrogens is 2. The van der Waals surface area contributed by atoms with Gasteiger partial charge in [-0.05, 0) is 18.1 Å². The molecule has 2 heterocycles. The van der Waals surface area contributed by atoms with E-state index in [0.29, 0.717) is 0 Å². The Balaban J connectivity index is 2.35. The number of hydrogen-bond donors (Lipinski definition) is 2. The van der Waals surface area contributed by atoms with Crippen LogP contribution in [0, 0.1) is 6.92 Å². The molecule has 0 aromatic carbocycles. The van der Waals surface area contributed by atoms with Crippen LogP contribution < -0.4 is 11.3 Å². The van der Waals surface area contributed by atoms with Gasteiger partial charge in [-0.3, -0.25) is 15.8 Å². The third-order valence-corrected chi connectivity index (χ3v) is 2.97. The predicted molar refractivity (Wildman–Crippen MR) is 60.3 cm³/mol. The summed E-state index contributed by atoms with van der Waals surface area (Å²) in [6, 6.07) is 2.04.